The predicted molar refractivity (Wildman–Crippen MR) is 79.4 cm³/mol. The van der Waals surface area contributed by atoms with Crippen molar-refractivity contribution in [2.24, 2.45) is 11.3 Å². The maximum atomic E-state index is 12.7. The Bertz CT molecular complexity index is 606. The summed E-state index contributed by atoms with van der Waals surface area (Å²) in [5.74, 6) is -0.779. The standard InChI is InChI=1S/C16H21N3O3/c1-10(2)13-11(8-17-9-18-13)14(20)19-5-3-16(4-6-19)7-12(16)15(21)22/h8-10,12H,3-7H2,1-2H3,(H,21,22). The molecule has 0 radical (unpaired) electrons. The Balaban J connectivity index is 1.70. The maximum Gasteiger partial charge on any atom is 0.307 e. The van der Waals surface area contributed by atoms with Gasteiger partial charge in [-0.3, -0.25) is 9.59 Å². The van der Waals surface area contributed by atoms with Gasteiger partial charge in [-0.25, -0.2) is 9.97 Å². The fourth-order valence-corrected chi connectivity index (χ4v) is 3.54. The van der Waals surface area contributed by atoms with E-state index in [2.05, 4.69) is 9.97 Å². The van der Waals surface area contributed by atoms with Crippen molar-refractivity contribution in [3.05, 3.63) is 23.8 Å². The van der Waals surface area contributed by atoms with Crippen LogP contribution in [0.3, 0.4) is 0 Å². The van der Waals surface area contributed by atoms with Gasteiger partial charge in [-0.05, 0) is 30.6 Å². The second-order valence-corrected chi connectivity index (χ2v) is 6.73. The quantitative estimate of drug-likeness (QED) is 0.922. The van der Waals surface area contributed by atoms with E-state index in [9.17, 15) is 9.59 Å². The zero-order chi connectivity index (χ0) is 15.9. The molecular weight excluding hydrogens is 282 g/mol. The van der Waals surface area contributed by atoms with Crippen molar-refractivity contribution in [2.45, 2.75) is 39.0 Å². The zero-order valence-corrected chi connectivity index (χ0v) is 13.0. The van der Waals surface area contributed by atoms with Crippen LogP contribution in [0.25, 0.3) is 0 Å². The average Bonchev–Trinajstić information content (AvgIpc) is 3.21. The summed E-state index contributed by atoms with van der Waals surface area (Å²) in [6.45, 7) is 5.25. The van der Waals surface area contributed by atoms with Gasteiger partial charge in [0.2, 0.25) is 0 Å². The van der Waals surface area contributed by atoms with E-state index in [1.54, 1.807) is 6.20 Å². The molecule has 1 aromatic heterocycles. The van der Waals surface area contributed by atoms with Crippen molar-refractivity contribution in [1.29, 1.82) is 0 Å². The van der Waals surface area contributed by atoms with Gasteiger partial charge in [0, 0.05) is 19.3 Å². The Morgan fingerprint density at radius 1 is 1.36 bits per heavy atom. The molecule has 1 amide bonds. The third-order valence-electron chi connectivity index (χ3n) is 5.05. The third kappa shape index (κ3) is 2.46. The second-order valence-electron chi connectivity index (χ2n) is 6.73. The molecule has 1 saturated heterocycles. The smallest absolute Gasteiger partial charge is 0.307 e. The van der Waals surface area contributed by atoms with Gasteiger partial charge >= 0.3 is 5.97 Å². The Morgan fingerprint density at radius 3 is 2.59 bits per heavy atom. The van der Waals surface area contributed by atoms with Crippen molar-refractivity contribution in [1.82, 2.24) is 14.9 Å². The molecule has 1 saturated carbocycles. The molecule has 3 rings (SSSR count). The summed E-state index contributed by atoms with van der Waals surface area (Å²) in [4.78, 5) is 33.8. The van der Waals surface area contributed by atoms with Crippen LogP contribution in [0.1, 0.15) is 55.1 Å². The minimum atomic E-state index is -0.696. The minimum absolute atomic E-state index is 0.0355. The van der Waals surface area contributed by atoms with Gasteiger partial charge in [-0.15, -0.1) is 0 Å². The monoisotopic (exact) mass is 303 g/mol. The second kappa shape index (κ2) is 5.34. The number of carbonyl (C=O) groups is 2. The highest BCUT2D eigenvalue weighted by atomic mass is 16.4. The van der Waals surface area contributed by atoms with E-state index in [0.717, 1.165) is 25.0 Å². The number of nitrogens with zero attached hydrogens (tertiary/aromatic N) is 3. The number of rotatable bonds is 3. The molecule has 0 aromatic carbocycles. The van der Waals surface area contributed by atoms with E-state index in [4.69, 9.17) is 5.11 Å². The molecule has 1 atom stereocenters. The Kier molecular flexibility index (Phi) is 3.62. The van der Waals surface area contributed by atoms with Crippen molar-refractivity contribution >= 4 is 11.9 Å². The van der Waals surface area contributed by atoms with Gasteiger partial charge in [0.05, 0.1) is 17.2 Å². The fraction of sp³-hybridized carbons (Fsp3) is 0.625. The first kappa shape index (κ1) is 14.9. The van der Waals surface area contributed by atoms with E-state index < -0.39 is 5.97 Å². The number of likely N-dealkylation sites (tertiary alicyclic amines) is 1. The molecule has 1 unspecified atom stereocenters. The summed E-state index contributed by atoms with van der Waals surface area (Å²) in [6.07, 6.45) is 5.38. The summed E-state index contributed by atoms with van der Waals surface area (Å²) in [6, 6.07) is 0. The number of hydrogen-bond donors (Lipinski definition) is 1. The summed E-state index contributed by atoms with van der Waals surface area (Å²) < 4.78 is 0. The molecule has 1 aromatic rings. The van der Waals surface area contributed by atoms with Gasteiger partial charge in [0.25, 0.3) is 5.91 Å². The molecule has 2 heterocycles. The van der Waals surface area contributed by atoms with Gasteiger partial charge in [0.1, 0.15) is 6.33 Å². The lowest BCUT2D eigenvalue weighted by Gasteiger charge is -2.33. The molecule has 0 bridgehead atoms. The van der Waals surface area contributed by atoms with Crippen molar-refractivity contribution in [2.75, 3.05) is 13.1 Å². The van der Waals surface area contributed by atoms with E-state index in [1.165, 1.54) is 6.33 Å². The van der Waals surface area contributed by atoms with Crippen LogP contribution in [0.2, 0.25) is 0 Å². The molecule has 22 heavy (non-hydrogen) atoms. The van der Waals surface area contributed by atoms with Crippen LogP contribution in [0.15, 0.2) is 12.5 Å². The summed E-state index contributed by atoms with van der Waals surface area (Å²) >= 11 is 0. The highest BCUT2D eigenvalue weighted by Crippen LogP contribution is 2.59. The average molecular weight is 303 g/mol. The van der Waals surface area contributed by atoms with Crippen molar-refractivity contribution < 1.29 is 14.7 Å². The molecule has 1 N–H and O–H groups in total. The number of piperidine rings is 1. The molecule has 1 aliphatic carbocycles. The Hall–Kier alpha value is -1.98. The number of aliphatic carboxylic acids is 1. The lowest BCUT2D eigenvalue weighted by molar-refractivity contribution is -0.139. The maximum absolute atomic E-state index is 12.7. The lowest BCUT2D eigenvalue weighted by Crippen LogP contribution is -2.40. The molecule has 118 valence electrons. The Labute approximate surface area is 129 Å². The third-order valence-corrected chi connectivity index (χ3v) is 5.05. The summed E-state index contributed by atoms with van der Waals surface area (Å²) in [5.41, 5.74) is 1.28. The van der Waals surface area contributed by atoms with Gasteiger partial charge in [-0.2, -0.15) is 0 Å². The van der Waals surface area contributed by atoms with Crippen LogP contribution in [0, 0.1) is 11.3 Å². The number of carboxylic acid groups (broad SMARTS) is 1. The first-order chi connectivity index (χ1) is 10.4. The number of hydrogen-bond acceptors (Lipinski definition) is 4. The van der Waals surface area contributed by atoms with Gasteiger partial charge < -0.3 is 10.0 Å². The van der Waals surface area contributed by atoms with E-state index in [1.807, 2.05) is 18.7 Å². The first-order valence-electron chi connectivity index (χ1n) is 7.76. The van der Waals surface area contributed by atoms with Crippen LogP contribution < -0.4 is 0 Å². The Morgan fingerprint density at radius 2 is 2.05 bits per heavy atom. The summed E-state index contributed by atoms with van der Waals surface area (Å²) in [5, 5.41) is 9.12. The highest BCUT2D eigenvalue weighted by Gasteiger charge is 2.59. The van der Waals surface area contributed by atoms with Crippen molar-refractivity contribution in [3.63, 3.8) is 0 Å². The minimum Gasteiger partial charge on any atom is -0.481 e. The topological polar surface area (TPSA) is 83.4 Å². The van der Waals surface area contributed by atoms with Gasteiger partial charge in [-0.1, -0.05) is 13.8 Å². The molecule has 2 aliphatic rings. The highest BCUT2D eigenvalue weighted by molar-refractivity contribution is 5.95. The molecule has 6 nitrogen and oxygen atoms in total. The van der Waals surface area contributed by atoms with Crippen LogP contribution in [-0.4, -0.2) is 44.9 Å². The lowest BCUT2D eigenvalue weighted by atomic mass is 9.90. The predicted octanol–water partition coefficient (Wildman–Crippen LogP) is 1.93. The summed E-state index contributed by atoms with van der Waals surface area (Å²) in [7, 11) is 0. The molecule has 2 fully saturated rings. The number of aromatic nitrogens is 2. The van der Waals surface area contributed by atoms with E-state index in [0.29, 0.717) is 18.7 Å². The number of carboxylic acids is 1. The molecule has 1 spiro atoms. The van der Waals surface area contributed by atoms with Crippen LogP contribution in [0.5, 0.6) is 0 Å². The molecule has 6 heteroatoms. The van der Waals surface area contributed by atoms with E-state index >= 15 is 0 Å². The van der Waals surface area contributed by atoms with Crippen LogP contribution >= 0.6 is 0 Å². The SMILES string of the molecule is CC(C)c1ncncc1C(=O)N1CCC2(CC1)CC2C(=O)O. The normalized spacial score (nSPS) is 22.9. The van der Waals surface area contributed by atoms with Crippen molar-refractivity contribution in [3.8, 4) is 0 Å². The first-order valence-corrected chi connectivity index (χ1v) is 7.76. The number of amides is 1. The van der Waals surface area contributed by atoms with E-state index in [-0.39, 0.29) is 23.2 Å². The molecular formula is C16H21N3O3. The van der Waals surface area contributed by atoms with Gasteiger partial charge in [0.15, 0.2) is 0 Å². The zero-order valence-electron chi connectivity index (χ0n) is 13.0. The largest absolute Gasteiger partial charge is 0.481 e. The van der Waals surface area contributed by atoms with Crippen LogP contribution in [-0.2, 0) is 4.79 Å². The molecule has 1 aliphatic heterocycles. The fourth-order valence-electron chi connectivity index (χ4n) is 3.54. The van der Waals surface area contributed by atoms with Crippen LogP contribution in [0.4, 0.5) is 0 Å². The number of carbonyl (C=O) groups excluding carboxylic acids is 1.